The molecule has 5 heteroatoms. The van der Waals surface area contributed by atoms with E-state index in [0.717, 1.165) is 32.2 Å². The molecule has 0 bridgehead atoms. The van der Waals surface area contributed by atoms with Crippen molar-refractivity contribution in [1.82, 2.24) is 10.2 Å². The van der Waals surface area contributed by atoms with Crippen LogP contribution < -0.4 is 5.32 Å². The van der Waals surface area contributed by atoms with Crippen LogP contribution in [0.3, 0.4) is 0 Å². The van der Waals surface area contributed by atoms with Crippen LogP contribution in [0.15, 0.2) is 24.8 Å². The summed E-state index contributed by atoms with van der Waals surface area (Å²) in [6, 6.07) is 2.67. The minimum absolute atomic E-state index is 0.0900. The van der Waals surface area contributed by atoms with Gasteiger partial charge < -0.3 is 10.4 Å². The monoisotopic (exact) mass is 284 g/mol. The lowest BCUT2D eigenvalue weighted by molar-refractivity contribution is 0.171. The lowest BCUT2D eigenvalue weighted by Gasteiger charge is -2.35. The van der Waals surface area contributed by atoms with Crippen LogP contribution in [0.2, 0.25) is 5.02 Å². The van der Waals surface area contributed by atoms with Gasteiger partial charge >= 0.3 is 0 Å². The number of hydrogen-bond acceptors (Lipinski definition) is 3. The zero-order chi connectivity index (χ0) is 13.8. The Morgan fingerprint density at radius 3 is 2.79 bits per heavy atom. The second-order valence-electron chi connectivity index (χ2n) is 4.65. The van der Waals surface area contributed by atoms with Gasteiger partial charge in [0.2, 0.25) is 0 Å². The minimum Gasteiger partial charge on any atom is -0.505 e. The Balaban J connectivity index is 2.34. The van der Waals surface area contributed by atoms with Crippen molar-refractivity contribution in [3.05, 3.63) is 41.2 Å². The fraction of sp³-hybridized carbons (Fsp3) is 0.429. The first-order valence-corrected chi connectivity index (χ1v) is 6.75. The molecule has 1 fully saturated rings. The highest BCUT2D eigenvalue weighted by atomic mass is 35.5. The molecule has 0 radical (unpaired) electrons. The van der Waals surface area contributed by atoms with Crippen LogP contribution in [0.4, 0.5) is 4.39 Å². The summed E-state index contributed by atoms with van der Waals surface area (Å²) in [5, 5.41) is 13.5. The quantitative estimate of drug-likeness (QED) is 0.835. The van der Waals surface area contributed by atoms with E-state index in [1.165, 1.54) is 0 Å². The van der Waals surface area contributed by atoms with Crippen LogP contribution in [-0.4, -0.2) is 36.2 Å². The van der Waals surface area contributed by atoms with E-state index in [2.05, 4.69) is 16.8 Å². The number of phenolic OH excluding ortho intramolecular Hbond substituents is 1. The molecule has 1 atom stereocenters. The number of phenols is 1. The molecule has 0 unspecified atom stereocenters. The molecular formula is C14H18ClFN2O. The average Bonchev–Trinajstić information content (AvgIpc) is 2.41. The molecule has 2 N–H and O–H groups in total. The van der Waals surface area contributed by atoms with Crippen molar-refractivity contribution in [3.8, 4) is 5.75 Å². The number of benzene rings is 1. The molecule has 0 spiro atoms. The minimum atomic E-state index is -0.674. The molecule has 0 aromatic heterocycles. The molecule has 0 saturated carbocycles. The van der Waals surface area contributed by atoms with Gasteiger partial charge in [0.25, 0.3) is 0 Å². The van der Waals surface area contributed by atoms with Crippen molar-refractivity contribution in [2.75, 3.05) is 26.2 Å². The van der Waals surface area contributed by atoms with E-state index in [9.17, 15) is 9.50 Å². The maximum absolute atomic E-state index is 13.6. The van der Waals surface area contributed by atoms with E-state index < -0.39 is 5.82 Å². The van der Waals surface area contributed by atoms with Gasteiger partial charge in [-0.05, 0) is 18.6 Å². The van der Waals surface area contributed by atoms with Crippen molar-refractivity contribution >= 4 is 11.6 Å². The highest BCUT2D eigenvalue weighted by Crippen LogP contribution is 2.35. The van der Waals surface area contributed by atoms with E-state index in [1.807, 2.05) is 0 Å². The van der Waals surface area contributed by atoms with Gasteiger partial charge in [-0.3, -0.25) is 4.90 Å². The van der Waals surface area contributed by atoms with Gasteiger partial charge in [-0.15, -0.1) is 6.58 Å². The number of aromatic hydroxyl groups is 1. The lowest BCUT2D eigenvalue weighted by atomic mass is 10.00. The van der Waals surface area contributed by atoms with Gasteiger partial charge in [0.05, 0.1) is 0 Å². The summed E-state index contributed by atoms with van der Waals surface area (Å²) < 4.78 is 13.6. The van der Waals surface area contributed by atoms with E-state index in [4.69, 9.17) is 11.6 Å². The summed E-state index contributed by atoms with van der Waals surface area (Å²) in [6.07, 6.45) is 2.43. The molecule has 3 nitrogen and oxygen atoms in total. The lowest BCUT2D eigenvalue weighted by Crippen LogP contribution is -2.45. The van der Waals surface area contributed by atoms with Crippen molar-refractivity contribution in [2.45, 2.75) is 12.5 Å². The summed E-state index contributed by atoms with van der Waals surface area (Å²) in [4.78, 5) is 2.21. The highest BCUT2D eigenvalue weighted by molar-refractivity contribution is 6.30. The van der Waals surface area contributed by atoms with Crippen LogP contribution in [0.25, 0.3) is 0 Å². The van der Waals surface area contributed by atoms with Gasteiger partial charge in [-0.2, -0.15) is 0 Å². The van der Waals surface area contributed by atoms with Crippen LogP contribution >= 0.6 is 11.6 Å². The molecule has 1 aliphatic rings. The largest absolute Gasteiger partial charge is 0.505 e. The molecule has 0 aliphatic carbocycles. The molecule has 1 aromatic rings. The topological polar surface area (TPSA) is 35.5 Å². The van der Waals surface area contributed by atoms with Crippen LogP contribution in [0.1, 0.15) is 18.0 Å². The van der Waals surface area contributed by atoms with Gasteiger partial charge in [0.15, 0.2) is 11.6 Å². The Morgan fingerprint density at radius 2 is 2.16 bits per heavy atom. The average molecular weight is 285 g/mol. The van der Waals surface area contributed by atoms with Crippen molar-refractivity contribution < 1.29 is 9.50 Å². The van der Waals surface area contributed by atoms with Gasteiger partial charge in [-0.1, -0.05) is 17.7 Å². The molecular weight excluding hydrogens is 267 g/mol. The number of rotatable bonds is 4. The molecule has 104 valence electrons. The Labute approximate surface area is 117 Å². The SMILES string of the molecule is C=CC[C@@H](c1cc(Cl)cc(F)c1O)N1CCNCC1. The first kappa shape index (κ1) is 14.3. The second kappa shape index (κ2) is 6.37. The highest BCUT2D eigenvalue weighted by Gasteiger charge is 2.25. The molecule has 1 heterocycles. The van der Waals surface area contributed by atoms with E-state index in [-0.39, 0.29) is 11.8 Å². The van der Waals surface area contributed by atoms with E-state index >= 15 is 0 Å². The summed E-state index contributed by atoms with van der Waals surface area (Å²) in [6.45, 7) is 7.22. The van der Waals surface area contributed by atoms with Gasteiger partial charge in [-0.25, -0.2) is 4.39 Å². The first-order chi connectivity index (χ1) is 9.13. The molecule has 19 heavy (non-hydrogen) atoms. The third-order valence-corrected chi connectivity index (χ3v) is 3.62. The fourth-order valence-electron chi connectivity index (χ4n) is 2.46. The maximum atomic E-state index is 13.6. The normalized spacial score (nSPS) is 18.2. The standard InChI is InChI=1S/C14H18ClFN2O/c1-2-3-13(18-6-4-17-5-7-18)11-8-10(15)9-12(16)14(11)19/h2,8-9,13,17,19H,1,3-7H2/t13-/m0/s1. The third-order valence-electron chi connectivity index (χ3n) is 3.40. The van der Waals surface area contributed by atoms with Crippen LogP contribution in [0.5, 0.6) is 5.75 Å². The summed E-state index contributed by atoms with van der Waals surface area (Å²) in [5.74, 6) is -0.985. The van der Waals surface area contributed by atoms with Crippen LogP contribution in [-0.2, 0) is 0 Å². The third kappa shape index (κ3) is 3.26. The Kier molecular flexibility index (Phi) is 4.80. The smallest absolute Gasteiger partial charge is 0.166 e. The molecule has 2 rings (SSSR count). The van der Waals surface area contributed by atoms with E-state index in [1.54, 1.807) is 12.1 Å². The van der Waals surface area contributed by atoms with Gasteiger partial charge in [0, 0.05) is 42.8 Å². The Morgan fingerprint density at radius 1 is 1.47 bits per heavy atom. The molecule has 1 saturated heterocycles. The summed E-state index contributed by atoms with van der Waals surface area (Å²) >= 11 is 5.90. The molecule has 1 aromatic carbocycles. The number of halogens is 2. The maximum Gasteiger partial charge on any atom is 0.166 e. The Hall–Kier alpha value is -1.10. The number of nitrogens with zero attached hydrogens (tertiary/aromatic N) is 1. The molecule has 1 aliphatic heterocycles. The van der Waals surface area contributed by atoms with Crippen LogP contribution in [0, 0.1) is 5.82 Å². The van der Waals surface area contributed by atoms with Crippen molar-refractivity contribution in [1.29, 1.82) is 0 Å². The zero-order valence-corrected chi connectivity index (χ0v) is 11.5. The van der Waals surface area contributed by atoms with E-state index in [0.29, 0.717) is 17.0 Å². The summed E-state index contributed by atoms with van der Waals surface area (Å²) in [7, 11) is 0. The Bertz CT molecular complexity index is 461. The fourth-order valence-corrected chi connectivity index (χ4v) is 2.68. The second-order valence-corrected chi connectivity index (χ2v) is 5.09. The summed E-state index contributed by atoms with van der Waals surface area (Å²) in [5.41, 5.74) is 0.534. The predicted molar refractivity (Wildman–Crippen MR) is 75.1 cm³/mol. The molecule has 0 amide bonds. The first-order valence-electron chi connectivity index (χ1n) is 6.37. The van der Waals surface area contributed by atoms with Crippen molar-refractivity contribution in [2.24, 2.45) is 0 Å². The predicted octanol–water partition coefficient (Wildman–Crippen LogP) is 2.71. The number of nitrogens with one attached hydrogen (secondary N) is 1. The number of piperazine rings is 1. The van der Waals surface area contributed by atoms with Gasteiger partial charge in [0.1, 0.15) is 0 Å². The van der Waals surface area contributed by atoms with Crippen molar-refractivity contribution in [3.63, 3.8) is 0 Å². The number of hydrogen-bond donors (Lipinski definition) is 2. The zero-order valence-electron chi connectivity index (χ0n) is 10.7.